The zero-order valence-corrected chi connectivity index (χ0v) is 18.8. The van der Waals surface area contributed by atoms with Crippen LogP contribution >= 0.6 is 0 Å². The van der Waals surface area contributed by atoms with E-state index in [0.717, 1.165) is 51.2 Å². The summed E-state index contributed by atoms with van der Waals surface area (Å²) in [4.78, 5) is 14.1. The Morgan fingerprint density at radius 3 is 2.40 bits per heavy atom. The molecule has 4 heterocycles. The minimum Gasteiger partial charge on any atom is -0.292 e. The highest BCUT2D eigenvalue weighted by atomic mass is 15.0. The number of rotatable bonds is 0. The van der Waals surface area contributed by atoms with Gasteiger partial charge in [0.2, 0.25) is 0 Å². The topological polar surface area (TPSA) is 43.1 Å². The molecule has 4 nitrogen and oxygen atoms in total. The summed E-state index contributed by atoms with van der Waals surface area (Å²) in [6.07, 6.45) is 9.54. The predicted molar refractivity (Wildman–Crippen MR) is 140 cm³/mol. The average Bonchev–Trinajstić information content (AvgIpc) is 3.59. The van der Waals surface area contributed by atoms with Crippen LogP contribution in [0.25, 0.3) is 60.6 Å². The van der Waals surface area contributed by atoms with Crippen molar-refractivity contribution in [1.82, 2.24) is 19.4 Å². The fourth-order valence-corrected chi connectivity index (χ4v) is 6.57. The lowest BCUT2D eigenvalue weighted by Gasteiger charge is -2.09. The summed E-state index contributed by atoms with van der Waals surface area (Å²) in [6, 6.07) is 22.2. The molecule has 0 unspecified atom stereocenters. The van der Waals surface area contributed by atoms with E-state index in [1.165, 1.54) is 44.5 Å². The van der Waals surface area contributed by atoms with E-state index in [1.807, 2.05) is 24.8 Å². The Kier molecular flexibility index (Phi) is 3.11. The molecule has 3 aromatic carbocycles. The zero-order chi connectivity index (χ0) is 22.7. The smallest absolute Gasteiger partial charge is 0.147 e. The lowest BCUT2D eigenvalue weighted by Crippen LogP contribution is -1.92. The first-order valence-electron chi connectivity index (χ1n) is 12.0. The lowest BCUT2D eigenvalue weighted by atomic mass is 9.95. The van der Waals surface area contributed by atoms with Gasteiger partial charge in [-0.2, -0.15) is 0 Å². The normalized spacial score (nSPS) is 13.5. The molecule has 7 aromatic rings. The molecule has 2 aliphatic rings. The molecule has 0 fully saturated rings. The molecule has 0 amide bonds. The van der Waals surface area contributed by atoms with Crippen molar-refractivity contribution < 1.29 is 0 Å². The number of benzene rings is 3. The van der Waals surface area contributed by atoms with Crippen LogP contribution in [0.2, 0.25) is 0 Å². The van der Waals surface area contributed by atoms with Gasteiger partial charge in [0.05, 0.1) is 16.6 Å². The molecule has 0 atom stereocenters. The van der Waals surface area contributed by atoms with E-state index < -0.39 is 0 Å². The van der Waals surface area contributed by atoms with Gasteiger partial charge in [-0.15, -0.1) is 0 Å². The molecule has 0 bridgehead atoms. The summed E-state index contributed by atoms with van der Waals surface area (Å²) in [5.41, 5.74) is 15.5. The Balaban J connectivity index is 1.39. The Morgan fingerprint density at radius 1 is 0.600 bits per heavy atom. The van der Waals surface area contributed by atoms with Gasteiger partial charge in [-0.1, -0.05) is 42.5 Å². The number of nitrogens with zero attached hydrogens (tertiary/aromatic N) is 4. The average molecular weight is 447 g/mol. The van der Waals surface area contributed by atoms with Gasteiger partial charge in [0.15, 0.2) is 0 Å². The SMILES string of the molecule is c1ccc2c(c1)Cc1ccc3c(c1-2)Cc1c-3ccc2c1nc1c3cnccc3c3cnccc3n21. The molecule has 35 heavy (non-hydrogen) atoms. The maximum atomic E-state index is 5.29. The van der Waals surface area contributed by atoms with Gasteiger partial charge in [-0.3, -0.25) is 14.4 Å². The molecule has 0 aliphatic heterocycles. The van der Waals surface area contributed by atoms with Crippen LogP contribution < -0.4 is 0 Å². The van der Waals surface area contributed by atoms with E-state index in [0.29, 0.717) is 0 Å². The molecule has 0 saturated heterocycles. The summed E-state index contributed by atoms with van der Waals surface area (Å²) >= 11 is 0. The van der Waals surface area contributed by atoms with Crippen molar-refractivity contribution in [2.75, 3.05) is 0 Å². The maximum Gasteiger partial charge on any atom is 0.147 e. The molecule has 162 valence electrons. The van der Waals surface area contributed by atoms with E-state index in [9.17, 15) is 0 Å². The van der Waals surface area contributed by atoms with Gasteiger partial charge in [-0.05, 0) is 74.5 Å². The molecule has 4 aromatic heterocycles. The molecule has 2 aliphatic carbocycles. The van der Waals surface area contributed by atoms with Crippen LogP contribution in [-0.2, 0) is 12.8 Å². The fraction of sp³-hybridized carbons (Fsp3) is 0.0645. The third kappa shape index (κ3) is 2.11. The second-order valence-corrected chi connectivity index (χ2v) is 9.68. The minimum absolute atomic E-state index is 0.916. The Bertz CT molecular complexity index is 2070. The predicted octanol–water partition coefficient (Wildman–Crippen LogP) is 6.73. The summed E-state index contributed by atoms with van der Waals surface area (Å²) in [6.45, 7) is 0. The first-order valence-corrected chi connectivity index (χ1v) is 12.0. The quantitative estimate of drug-likeness (QED) is 0.243. The molecule has 0 N–H and O–H groups in total. The van der Waals surface area contributed by atoms with Gasteiger partial charge < -0.3 is 0 Å². The van der Waals surface area contributed by atoms with Crippen molar-refractivity contribution in [3.63, 3.8) is 0 Å². The van der Waals surface area contributed by atoms with Crippen molar-refractivity contribution in [2.45, 2.75) is 12.8 Å². The molecular weight excluding hydrogens is 428 g/mol. The van der Waals surface area contributed by atoms with E-state index in [4.69, 9.17) is 4.98 Å². The third-order valence-corrected chi connectivity index (χ3v) is 8.03. The summed E-state index contributed by atoms with van der Waals surface area (Å²) in [5, 5.41) is 3.32. The molecule has 0 radical (unpaired) electrons. The highest BCUT2D eigenvalue weighted by Gasteiger charge is 2.30. The van der Waals surface area contributed by atoms with Crippen LogP contribution in [0, 0.1) is 0 Å². The number of fused-ring (bicyclic) bond motifs is 16. The van der Waals surface area contributed by atoms with Crippen LogP contribution in [0.5, 0.6) is 0 Å². The largest absolute Gasteiger partial charge is 0.292 e. The highest BCUT2D eigenvalue weighted by molar-refractivity contribution is 6.13. The van der Waals surface area contributed by atoms with Crippen molar-refractivity contribution in [3.05, 3.63) is 108 Å². The van der Waals surface area contributed by atoms with E-state index >= 15 is 0 Å². The molecule has 4 heteroatoms. The number of aromatic nitrogens is 4. The molecular formula is C31H18N4. The Morgan fingerprint density at radius 2 is 1.43 bits per heavy atom. The van der Waals surface area contributed by atoms with E-state index in [-0.39, 0.29) is 0 Å². The lowest BCUT2D eigenvalue weighted by molar-refractivity contribution is 1.24. The van der Waals surface area contributed by atoms with Crippen molar-refractivity contribution in [3.8, 4) is 22.3 Å². The first-order chi connectivity index (χ1) is 17.4. The van der Waals surface area contributed by atoms with Crippen molar-refractivity contribution in [2.24, 2.45) is 0 Å². The van der Waals surface area contributed by atoms with Crippen LogP contribution in [0.4, 0.5) is 0 Å². The summed E-state index contributed by atoms with van der Waals surface area (Å²) in [5.74, 6) is 0. The second-order valence-electron chi connectivity index (χ2n) is 9.68. The van der Waals surface area contributed by atoms with Gasteiger partial charge in [-0.25, -0.2) is 4.98 Å². The van der Waals surface area contributed by atoms with Crippen molar-refractivity contribution >= 4 is 38.4 Å². The van der Waals surface area contributed by atoms with Crippen LogP contribution in [-0.4, -0.2) is 19.4 Å². The van der Waals surface area contributed by atoms with Crippen molar-refractivity contribution in [1.29, 1.82) is 0 Å². The number of imidazole rings is 1. The van der Waals surface area contributed by atoms with Crippen LogP contribution in [0.15, 0.2) is 85.5 Å². The van der Waals surface area contributed by atoms with Gasteiger partial charge >= 0.3 is 0 Å². The number of hydrogen-bond donors (Lipinski definition) is 0. The van der Waals surface area contributed by atoms with Crippen LogP contribution in [0.3, 0.4) is 0 Å². The van der Waals surface area contributed by atoms with Crippen LogP contribution in [0.1, 0.15) is 22.3 Å². The van der Waals surface area contributed by atoms with Gasteiger partial charge in [0.25, 0.3) is 0 Å². The van der Waals surface area contributed by atoms with Gasteiger partial charge in [0.1, 0.15) is 5.65 Å². The summed E-state index contributed by atoms with van der Waals surface area (Å²) < 4.78 is 2.29. The van der Waals surface area contributed by atoms with E-state index in [2.05, 4.69) is 75.0 Å². The fourth-order valence-electron chi connectivity index (χ4n) is 6.57. The highest BCUT2D eigenvalue weighted by Crippen LogP contribution is 2.49. The second kappa shape index (κ2) is 6.10. The van der Waals surface area contributed by atoms with E-state index in [1.54, 1.807) is 0 Å². The first kappa shape index (κ1) is 17.8. The third-order valence-electron chi connectivity index (χ3n) is 8.03. The Hall–Kier alpha value is -4.57. The maximum absolute atomic E-state index is 5.29. The summed E-state index contributed by atoms with van der Waals surface area (Å²) in [7, 11) is 0. The molecule has 9 rings (SSSR count). The zero-order valence-electron chi connectivity index (χ0n) is 18.8. The standard InChI is InChI=1S/C31H18N4/c1-2-4-19-17(3-1)13-18-5-6-20-21-7-8-28-30(24(21)14-23(20)29(18)19)34-31-26-16-32-11-9-22(26)25-15-33-12-10-27(25)35(28)31/h1-12,15-16H,13-14H2. The monoisotopic (exact) mass is 446 g/mol. The Labute approximate surface area is 200 Å². The number of hydrogen-bond acceptors (Lipinski definition) is 3. The van der Waals surface area contributed by atoms with Gasteiger partial charge in [0, 0.05) is 42.0 Å². The number of pyridine rings is 3. The minimum atomic E-state index is 0.916. The molecule has 0 spiro atoms. The molecule has 0 saturated carbocycles.